The molecular formula is C16H22N2O2S. The molecule has 3 atom stereocenters. The van der Waals surface area contributed by atoms with E-state index in [9.17, 15) is 9.00 Å². The van der Waals surface area contributed by atoms with Crippen LogP contribution in [-0.2, 0) is 10.8 Å². The summed E-state index contributed by atoms with van der Waals surface area (Å²) in [4.78, 5) is 15.2. The van der Waals surface area contributed by atoms with Crippen LogP contribution < -0.4 is 5.32 Å². The van der Waals surface area contributed by atoms with Gasteiger partial charge in [-0.1, -0.05) is 18.9 Å². The predicted molar refractivity (Wildman–Crippen MR) is 84.9 cm³/mol. The average Bonchev–Trinajstić information content (AvgIpc) is 2.91. The fourth-order valence-corrected chi connectivity index (χ4v) is 4.17. The average molecular weight is 306 g/mol. The Labute approximate surface area is 128 Å². The molecule has 2 aliphatic rings. The molecule has 114 valence electrons. The van der Waals surface area contributed by atoms with E-state index in [1.165, 1.54) is 19.3 Å². The van der Waals surface area contributed by atoms with Crippen LogP contribution in [0.15, 0.2) is 29.2 Å². The molecule has 1 saturated carbocycles. The first-order valence-electron chi connectivity index (χ1n) is 7.66. The number of carbonyl (C=O) groups is 1. The van der Waals surface area contributed by atoms with E-state index in [1.54, 1.807) is 12.3 Å². The lowest BCUT2D eigenvalue weighted by Gasteiger charge is -2.31. The van der Waals surface area contributed by atoms with E-state index in [4.69, 9.17) is 0 Å². The fraction of sp³-hybridized carbons (Fsp3) is 0.562. The minimum absolute atomic E-state index is 0.0107. The number of rotatable bonds is 2. The summed E-state index contributed by atoms with van der Waals surface area (Å²) in [5, 5.41) is 2.96. The van der Waals surface area contributed by atoms with E-state index < -0.39 is 10.8 Å². The lowest BCUT2D eigenvalue weighted by atomic mass is 9.85. The summed E-state index contributed by atoms with van der Waals surface area (Å²) in [7, 11) is -1.03. The Hall–Kier alpha value is -1.36. The summed E-state index contributed by atoms with van der Waals surface area (Å²) in [6.07, 6.45) is 7.72. The maximum Gasteiger partial charge on any atom is 0.322 e. The molecule has 0 bridgehead atoms. The van der Waals surface area contributed by atoms with Crippen LogP contribution in [0.3, 0.4) is 0 Å². The van der Waals surface area contributed by atoms with Crippen molar-refractivity contribution in [3.05, 3.63) is 24.3 Å². The lowest BCUT2D eigenvalue weighted by molar-refractivity contribution is 0.182. The highest BCUT2D eigenvalue weighted by Gasteiger charge is 2.38. The maximum absolute atomic E-state index is 12.5. The summed E-state index contributed by atoms with van der Waals surface area (Å²) in [6, 6.07) is 7.70. The number of nitrogens with zero attached hydrogens (tertiary/aromatic N) is 1. The Morgan fingerprint density at radius 1 is 1.29 bits per heavy atom. The number of amides is 2. The fourth-order valence-electron chi connectivity index (χ4n) is 3.61. The molecule has 1 aliphatic carbocycles. The molecule has 0 spiro atoms. The molecule has 4 nitrogen and oxygen atoms in total. The SMILES string of the molecule is C[S@](=O)c1cccc(NC(=O)N2CC[C@H]3CCCC[C@H]32)c1. The Bertz CT molecular complexity index is 561. The van der Waals surface area contributed by atoms with Crippen LogP contribution in [0.1, 0.15) is 32.1 Å². The van der Waals surface area contributed by atoms with Gasteiger partial charge in [-0.2, -0.15) is 0 Å². The zero-order chi connectivity index (χ0) is 14.8. The smallest absolute Gasteiger partial charge is 0.321 e. The molecule has 1 aromatic carbocycles. The summed E-state index contributed by atoms with van der Waals surface area (Å²) >= 11 is 0. The highest BCUT2D eigenvalue weighted by Crippen LogP contribution is 2.36. The highest BCUT2D eigenvalue weighted by molar-refractivity contribution is 7.84. The van der Waals surface area contributed by atoms with Crippen LogP contribution in [0.2, 0.25) is 0 Å². The number of anilines is 1. The number of likely N-dealkylation sites (tertiary alicyclic amines) is 1. The van der Waals surface area contributed by atoms with Crippen LogP contribution in [0.4, 0.5) is 10.5 Å². The van der Waals surface area contributed by atoms with E-state index in [2.05, 4.69) is 5.32 Å². The number of benzene rings is 1. The van der Waals surface area contributed by atoms with E-state index in [0.29, 0.717) is 12.0 Å². The van der Waals surface area contributed by atoms with Gasteiger partial charge in [0.2, 0.25) is 0 Å². The first-order valence-corrected chi connectivity index (χ1v) is 9.22. The quantitative estimate of drug-likeness (QED) is 0.912. The van der Waals surface area contributed by atoms with Gasteiger partial charge >= 0.3 is 6.03 Å². The van der Waals surface area contributed by atoms with E-state index in [0.717, 1.165) is 30.0 Å². The van der Waals surface area contributed by atoms with Crippen molar-refractivity contribution in [3.63, 3.8) is 0 Å². The third-order valence-electron chi connectivity index (χ3n) is 4.69. The standard InChI is InChI=1S/C16H22N2O2S/c1-21(20)14-7-4-6-13(11-14)17-16(19)18-10-9-12-5-2-3-8-15(12)18/h4,6-7,11-12,15H,2-3,5,8-10H2,1H3,(H,17,19)/t12-,15-,21+/m1/s1. The number of hydrogen-bond acceptors (Lipinski definition) is 2. The molecule has 1 heterocycles. The molecule has 1 aliphatic heterocycles. The number of carbonyl (C=O) groups excluding carboxylic acids is 1. The van der Waals surface area contributed by atoms with Gasteiger partial charge in [-0.25, -0.2) is 4.79 Å². The van der Waals surface area contributed by atoms with Crippen LogP contribution in [0.25, 0.3) is 0 Å². The second-order valence-corrected chi connectivity index (χ2v) is 7.39. The van der Waals surface area contributed by atoms with E-state index >= 15 is 0 Å². The van der Waals surface area contributed by atoms with Crippen LogP contribution in [0.5, 0.6) is 0 Å². The maximum atomic E-state index is 12.5. The van der Waals surface area contributed by atoms with Gasteiger partial charge in [-0.3, -0.25) is 4.21 Å². The van der Waals surface area contributed by atoms with Gasteiger partial charge in [0.15, 0.2) is 0 Å². The summed E-state index contributed by atoms with van der Waals surface area (Å²) < 4.78 is 11.5. The van der Waals surface area contributed by atoms with Crippen LogP contribution in [-0.4, -0.2) is 34.0 Å². The largest absolute Gasteiger partial charge is 0.322 e. The van der Waals surface area contributed by atoms with E-state index in [1.807, 2.05) is 23.1 Å². The molecule has 1 N–H and O–H groups in total. The third kappa shape index (κ3) is 3.12. The normalized spacial score (nSPS) is 26.2. The summed E-state index contributed by atoms with van der Waals surface area (Å²) in [5.74, 6) is 0.693. The second-order valence-electron chi connectivity index (χ2n) is 6.01. The van der Waals surface area contributed by atoms with Crippen molar-refractivity contribution in [2.75, 3.05) is 18.1 Å². The second kappa shape index (κ2) is 6.18. The van der Waals surface area contributed by atoms with Crippen LogP contribution >= 0.6 is 0 Å². The molecule has 2 amide bonds. The van der Waals surface area contributed by atoms with Gasteiger partial charge in [0.1, 0.15) is 0 Å². The molecule has 1 aromatic rings. The first-order chi connectivity index (χ1) is 10.1. The minimum Gasteiger partial charge on any atom is -0.321 e. The third-order valence-corrected chi connectivity index (χ3v) is 5.61. The van der Waals surface area contributed by atoms with Gasteiger partial charge in [0.05, 0.1) is 0 Å². The van der Waals surface area contributed by atoms with Crippen molar-refractivity contribution < 1.29 is 9.00 Å². The van der Waals surface area contributed by atoms with Gasteiger partial charge < -0.3 is 10.2 Å². The number of fused-ring (bicyclic) bond motifs is 1. The topological polar surface area (TPSA) is 49.4 Å². The monoisotopic (exact) mass is 306 g/mol. The summed E-state index contributed by atoms with van der Waals surface area (Å²) in [5.41, 5.74) is 0.729. The number of nitrogens with one attached hydrogen (secondary N) is 1. The molecule has 5 heteroatoms. The number of hydrogen-bond donors (Lipinski definition) is 1. The predicted octanol–water partition coefficient (Wildman–Crippen LogP) is 3.22. The minimum atomic E-state index is -1.03. The van der Waals surface area contributed by atoms with Gasteiger partial charge in [0, 0.05) is 40.2 Å². The zero-order valence-corrected chi connectivity index (χ0v) is 13.2. The summed E-state index contributed by atoms with van der Waals surface area (Å²) in [6.45, 7) is 0.862. The molecule has 2 fully saturated rings. The molecule has 3 rings (SSSR count). The molecule has 21 heavy (non-hydrogen) atoms. The molecular weight excluding hydrogens is 284 g/mol. The number of urea groups is 1. The van der Waals surface area contributed by atoms with Crippen molar-refractivity contribution in [1.29, 1.82) is 0 Å². The molecule has 0 unspecified atom stereocenters. The van der Waals surface area contributed by atoms with Crippen molar-refractivity contribution >= 4 is 22.5 Å². The van der Waals surface area contributed by atoms with Crippen molar-refractivity contribution in [1.82, 2.24) is 4.90 Å². The molecule has 1 saturated heterocycles. The van der Waals surface area contributed by atoms with E-state index in [-0.39, 0.29) is 6.03 Å². The van der Waals surface area contributed by atoms with Gasteiger partial charge in [-0.05, 0) is 43.4 Å². The highest BCUT2D eigenvalue weighted by atomic mass is 32.2. The molecule has 0 radical (unpaired) electrons. The lowest BCUT2D eigenvalue weighted by Crippen LogP contribution is -2.41. The molecule has 0 aromatic heterocycles. The van der Waals surface area contributed by atoms with Crippen molar-refractivity contribution in [2.45, 2.75) is 43.0 Å². The van der Waals surface area contributed by atoms with Crippen molar-refractivity contribution in [3.8, 4) is 0 Å². The Morgan fingerprint density at radius 2 is 2.10 bits per heavy atom. The first kappa shape index (κ1) is 14.6. The van der Waals surface area contributed by atoms with Crippen molar-refractivity contribution in [2.24, 2.45) is 5.92 Å². The zero-order valence-electron chi connectivity index (χ0n) is 12.4. The Kier molecular flexibility index (Phi) is 4.29. The van der Waals surface area contributed by atoms with Gasteiger partial charge in [0.25, 0.3) is 0 Å². The Morgan fingerprint density at radius 3 is 2.90 bits per heavy atom. The van der Waals surface area contributed by atoms with Crippen LogP contribution in [0, 0.1) is 5.92 Å². The Balaban J connectivity index is 1.69. The van der Waals surface area contributed by atoms with Gasteiger partial charge in [-0.15, -0.1) is 0 Å².